The number of anilines is 1. The van der Waals surface area contributed by atoms with Crippen LogP contribution in [0, 0.1) is 6.92 Å². The van der Waals surface area contributed by atoms with Gasteiger partial charge in [-0.2, -0.15) is 0 Å². The Morgan fingerprint density at radius 1 is 1.30 bits per heavy atom. The van der Waals surface area contributed by atoms with Crippen molar-refractivity contribution in [1.29, 1.82) is 0 Å². The Morgan fingerprint density at radius 2 is 2.05 bits per heavy atom. The molecule has 0 aliphatic carbocycles. The minimum absolute atomic E-state index is 0.0825. The molecule has 0 saturated carbocycles. The minimum atomic E-state index is -3.64. The van der Waals surface area contributed by atoms with Crippen molar-refractivity contribution in [2.24, 2.45) is 0 Å². The molecular formula is C13H16N2O4S. The number of aryl methyl sites for hydroxylation is 1. The molecule has 0 aliphatic heterocycles. The van der Waals surface area contributed by atoms with Gasteiger partial charge in [-0.3, -0.25) is 0 Å². The van der Waals surface area contributed by atoms with E-state index in [9.17, 15) is 8.42 Å². The monoisotopic (exact) mass is 296 g/mol. The average molecular weight is 296 g/mol. The average Bonchev–Trinajstić information content (AvgIpc) is 2.82. The molecule has 20 heavy (non-hydrogen) atoms. The highest BCUT2D eigenvalue weighted by Gasteiger charge is 2.16. The van der Waals surface area contributed by atoms with Gasteiger partial charge in [-0.15, -0.1) is 0 Å². The third kappa shape index (κ3) is 3.12. The van der Waals surface area contributed by atoms with E-state index in [1.807, 2.05) is 0 Å². The predicted octanol–water partition coefficient (Wildman–Crippen LogP) is 1.66. The zero-order valence-corrected chi connectivity index (χ0v) is 12.0. The molecule has 1 aromatic heterocycles. The molecule has 1 heterocycles. The van der Waals surface area contributed by atoms with Crippen molar-refractivity contribution in [1.82, 2.24) is 4.72 Å². The van der Waals surface area contributed by atoms with Crippen molar-refractivity contribution < 1.29 is 17.6 Å². The summed E-state index contributed by atoms with van der Waals surface area (Å²) >= 11 is 0. The molecule has 6 nitrogen and oxygen atoms in total. The van der Waals surface area contributed by atoms with Gasteiger partial charge in [0.2, 0.25) is 10.0 Å². The van der Waals surface area contributed by atoms with Crippen LogP contribution in [0.1, 0.15) is 11.5 Å². The van der Waals surface area contributed by atoms with Gasteiger partial charge in [0.15, 0.2) is 0 Å². The molecule has 0 fully saturated rings. The molecule has 2 rings (SSSR count). The van der Waals surface area contributed by atoms with E-state index in [4.69, 9.17) is 14.9 Å². The summed E-state index contributed by atoms with van der Waals surface area (Å²) in [6.07, 6.45) is 0. The fourth-order valence-corrected chi connectivity index (χ4v) is 2.74. The Morgan fingerprint density at radius 3 is 2.60 bits per heavy atom. The van der Waals surface area contributed by atoms with Crippen LogP contribution in [-0.2, 0) is 16.6 Å². The molecule has 108 valence electrons. The van der Waals surface area contributed by atoms with Crippen LogP contribution >= 0.6 is 0 Å². The van der Waals surface area contributed by atoms with Crippen molar-refractivity contribution in [3.63, 3.8) is 0 Å². The summed E-state index contributed by atoms with van der Waals surface area (Å²) in [5.41, 5.74) is 5.97. The van der Waals surface area contributed by atoms with Gasteiger partial charge in [-0.1, -0.05) is 0 Å². The number of nitrogen functional groups attached to an aromatic ring is 1. The summed E-state index contributed by atoms with van der Waals surface area (Å²) < 4.78 is 37.0. The van der Waals surface area contributed by atoms with E-state index in [2.05, 4.69) is 4.72 Å². The van der Waals surface area contributed by atoms with Gasteiger partial charge < -0.3 is 14.9 Å². The smallest absolute Gasteiger partial charge is 0.241 e. The lowest BCUT2D eigenvalue weighted by molar-refractivity contribution is 0.416. The van der Waals surface area contributed by atoms with E-state index < -0.39 is 10.0 Å². The van der Waals surface area contributed by atoms with E-state index in [0.717, 1.165) is 5.76 Å². The molecule has 2 aromatic rings. The molecule has 0 bridgehead atoms. The second kappa shape index (κ2) is 5.56. The molecule has 0 spiro atoms. The summed E-state index contributed by atoms with van der Waals surface area (Å²) in [4.78, 5) is 0.0825. The largest absolute Gasteiger partial charge is 0.495 e. The first-order chi connectivity index (χ1) is 9.42. The maximum Gasteiger partial charge on any atom is 0.241 e. The van der Waals surface area contributed by atoms with Crippen LogP contribution in [0.5, 0.6) is 5.75 Å². The quantitative estimate of drug-likeness (QED) is 0.818. The van der Waals surface area contributed by atoms with Crippen molar-refractivity contribution in [3.05, 3.63) is 41.9 Å². The third-order valence-electron chi connectivity index (χ3n) is 2.74. The maximum absolute atomic E-state index is 12.1. The normalized spacial score (nSPS) is 11.5. The number of methoxy groups -OCH3 is 1. The lowest BCUT2D eigenvalue weighted by atomic mass is 10.3. The molecular weight excluding hydrogens is 280 g/mol. The molecule has 1 aromatic carbocycles. The van der Waals surface area contributed by atoms with Crippen LogP contribution in [0.3, 0.4) is 0 Å². The predicted molar refractivity (Wildman–Crippen MR) is 74.9 cm³/mol. The SMILES string of the molecule is COc1ccc(S(=O)(=O)NCc2ccc(C)o2)cc1N. The summed E-state index contributed by atoms with van der Waals surface area (Å²) in [5.74, 6) is 1.71. The number of hydrogen-bond acceptors (Lipinski definition) is 5. The lowest BCUT2D eigenvalue weighted by Gasteiger charge is -2.08. The van der Waals surface area contributed by atoms with Crippen molar-refractivity contribution in [2.45, 2.75) is 18.4 Å². The minimum Gasteiger partial charge on any atom is -0.495 e. The third-order valence-corrected chi connectivity index (χ3v) is 4.14. The van der Waals surface area contributed by atoms with Crippen LogP contribution in [0.15, 0.2) is 39.6 Å². The standard InChI is InChI=1S/C13H16N2O4S/c1-9-3-4-10(19-9)8-15-20(16,17)11-5-6-13(18-2)12(14)7-11/h3-7,15H,8,14H2,1-2H3. The molecule has 0 saturated heterocycles. The molecule has 0 amide bonds. The summed E-state index contributed by atoms with van der Waals surface area (Å²) in [5, 5.41) is 0. The van der Waals surface area contributed by atoms with Gasteiger partial charge in [0.25, 0.3) is 0 Å². The first-order valence-electron chi connectivity index (χ1n) is 5.91. The Hall–Kier alpha value is -1.99. The van der Waals surface area contributed by atoms with Crippen LogP contribution < -0.4 is 15.2 Å². The number of nitrogens with one attached hydrogen (secondary N) is 1. The number of sulfonamides is 1. The van der Waals surface area contributed by atoms with Gasteiger partial charge in [0.1, 0.15) is 17.3 Å². The molecule has 0 aliphatic rings. The number of ether oxygens (including phenoxy) is 1. The second-order valence-electron chi connectivity index (χ2n) is 4.24. The van der Waals surface area contributed by atoms with Crippen molar-refractivity contribution in [3.8, 4) is 5.75 Å². The molecule has 7 heteroatoms. The number of rotatable bonds is 5. The lowest BCUT2D eigenvalue weighted by Crippen LogP contribution is -2.23. The van der Waals surface area contributed by atoms with Crippen LogP contribution in [0.2, 0.25) is 0 Å². The zero-order chi connectivity index (χ0) is 14.8. The van der Waals surface area contributed by atoms with Gasteiger partial charge in [-0.05, 0) is 37.3 Å². The highest BCUT2D eigenvalue weighted by molar-refractivity contribution is 7.89. The maximum atomic E-state index is 12.1. The summed E-state index contributed by atoms with van der Waals surface area (Å²) in [6.45, 7) is 1.88. The van der Waals surface area contributed by atoms with Gasteiger partial charge in [-0.25, -0.2) is 13.1 Å². The number of furan rings is 1. The van der Waals surface area contributed by atoms with E-state index >= 15 is 0 Å². The van der Waals surface area contributed by atoms with E-state index in [1.165, 1.54) is 25.3 Å². The second-order valence-corrected chi connectivity index (χ2v) is 6.01. The van der Waals surface area contributed by atoms with Gasteiger partial charge >= 0.3 is 0 Å². The highest BCUT2D eigenvalue weighted by Crippen LogP contribution is 2.24. The van der Waals surface area contributed by atoms with Crippen molar-refractivity contribution in [2.75, 3.05) is 12.8 Å². The number of benzene rings is 1. The fraction of sp³-hybridized carbons (Fsp3) is 0.231. The Kier molecular flexibility index (Phi) is 4.01. The van der Waals surface area contributed by atoms with E-state index in [-0.39, 0.29) is 17.1 Å². The number of hydrogen-bond donors (Lipinski definition) is 2. The van der Waals surface area contributed by atoms with Crippen LogP contribution in [0.4, 0.5) is 5.69 Å². The summed E-state index contributed by atoms with van der Waals surface area (Å²) in [7, 11) is -2.17. The number of nitrogens with two attached hydrogens (primary N) is 1. The first kappa shape index (κ1) is 14.4. The fourth-order valence-electron chi connectivity index (χ4n) is 1.71. The summed E-state index contributed by atoms with van der Waals surface area (Å²) in [6, 6.07) is 7.80. The Labute approximate surface area is 117 Å². The highest BCUT2D eigenvalue weighted by atomic mass is 32.2. The van der Waals surface area contributed by atoms with Crippen LogP contribution in [-0.4, -0.2) is 15.5 Å². The Bertz CT molecular complexity index is 707. The zero-order valence-electron chi connectivity index (χ0n) is 11.2. The van der Waals surface area contributed by atoms with E-state index in [0.29, 0.717) is 11.5 Å². The Balaban J connectivity index is 2.15. The first-order valence-corrected chi connectivity index (χ1v) is 7.39. The topological polar surface area (TPSA) is 94.6 Å². The molecule has 0 unspecified atom stereocenters. The molecule has 0 atom stereocenters. The van der Waals surface area contributed by atoms with Gasteiger partial charge in [0, 0.05) is 0 Å². The molecule has 3 N–H and O–H groups in total. The van der Waals surface area contributed by atoms with Crippen LogP contribution in [0.25, 0.3) is 0 Å². The molecule has 0 radical (unpaired) electrons. The van der Waals surface area contributed by atoms with Crippen molar-refractivity contribution >= 4 is 15.7 Å². The van der Waals surface area contributed by atoms with E-state index in [1.54, 1.807) is 19.1 Å². The van der Waals surface area contributed by atoms with Gasteiger partial charge in [0.05, 0.1) is 24.2 Å².